The Kier molecular flexibility index (Phi) is 4.28. The molecule has 0 spiro atoms. The quantitative estimate of drug-likeness (QED) is 0.669. The third-order valence-electron chi connectivity index (χ3n) is 2.89. The predicted molar refractivity (Wildman–Crippen MR) is 70.3 cm³/mol. The van der Waals surface area contributed by atoms with Crippen LogP contribution >= 0.6 is 0 Å². The summed E-state index contributed by atoms with van der Waals surface area (Å²) >= 11 is 2.13. The molecule has 2 rings (SSSR count). The predicted octanol–water partition coefficient (Wildman–Crippen LogP) is 2.66. The molecule has 0 aromatic heterocycles. The second-order valence-corrected chi connectivity index (χ2v) is 4.32. The molecule has 0 heterocycles. The normalized spacial score (nSPS) is 10.4. The monoisotopic (exact) mass is 202 g/mol. The van der Waals surface area contributed by atoms with Crippen molar-refractivity contribution in [2.75, 3.05) is 0 Å². The van der Waals surface area contributed by atoms with Crippen molar-refractivity contribution >= 4 is 22.0 Å². The van der Waals surface area contributed by atoms with Crippen LogP contribution in [0, 0.1) is 0 Å². The average Bonchev–Trinajstić information content (AvgIpc) is 2.33. The van der Waals surface area contributed by atoms with E-state index in [2.05, 4.69) is 72.3 Å². The fourth-order valence-corrected chi connectivity index (χ4v) is 1.90. The first kappa shape index (κ1) is 11.5. The summed E-state index contributed by atoms with van der Waals surface area (Å²) in [5, 5.41) is 0. The van der Waals surface area contributed by atoms with E-state index in [-0.39, 0.29) is 0 Å². The molecular weight excluding hydrogens is 187 g/mol. The molecule has 2 aromatic rings. The summed E-state index contributed by atoms with van der Waals surface area (Å²) in [6, 6.07) is 19.6. The van der Waals surface area contributed by atoms with Gasteiger partial charge in [0.25, 0.3) is 0 Å². The van der Waals surface area contributed by atoms with Gasteiger partial charge in [0.2, 0.25) is 0 Å². The molecular formula is C15H15Li. The van der Waals surface area contributed by atoms with Crippen LogP contribution in [0.25, 0.3) is 0 Å². The molecule has 2 aromatic carbocycles. The summed E-state index contributed by atoms with van der Waals surface area (Å²) in [6.45, 7) is 0. The van der Waals surface area contributed by atoms with Crippen molar-refractivity contribution in [1.82, 2.24) is 0 Å². The molecule has 0 saturated heterocycles. The Labute approximate surface area is 107 Å². The zero-order chi connectivity index (χ0) is 11.2. The van der Waals surface area contributed by atoms with Crippen molar-refractivity contribution in [2.24, 2.45) is 0 Å². The van der Waals surface area contributed by atoms with Gasteiger partial charge in [0, 0.05) is 0 Å². The van der Waals surface area contributed by atoms with Gasteiger partial charge in [-0.1, -0.05) is 0 Å². The van der Waals surface area contributed by atoms with Crippen LogP contribution in [0.1, 0.15) is 17.5 Å². The maximum atomic E-state index is 2.24. The number of hydrogen-bond donors (Lipinski definition) is 0. The molecule has 16 heavy (non-hydrogen) atoms. The Morgan fingerprint density at radius 1 is 0.688 bits per heavy atom. The molecule has 0 aliphatic heterocycles. The van der Waals surface area contributed by atoms with Gasteiger partial charge in [0.05, 0.1) is 0 Å². The van der Waals surface area contributed by atoms with Crippen molar-refractivity contribution in [3.05, 3.63) is 65.7 Å². The van der Waals surface area contributed by atoms with E-state index in [1.165, 1.54) is 34.6 Å². The number of benzene rings is 2. The Balaban J connectivity index is 1.82. The molecule has 0 atom stereocenters. The van der Waals surface area contributed by atoms with Gasteiger partial charge in [0.1, 0.15) is 0 Å². The first-order valence-electron chi connectivity index (χ1n) is 5.94. The van der Waals surface area contributed by atoms with E-state index in [1.807, 2.05) is 0 Å². The average molecular weight is 202 g/mol. The fraction of sp³-hybridized carbons (Fsp3) is 0.200. The maximum absolute atomic E-state index is 2.24. The zero-order valence-corrected chi connectivity index (χ0v) is 9.82. The molecule has 0 bridgehead atoms. The molecule has 0 N–H and O–H groups in total. The van der Waals surface area contributed by atoms with Crippen molar-refractivity contribution in [3.8, 4) is 0 Å². The number of rotatable bonds is 4. The summed E-state index contributed by atoms with van der Waals surface area (Å²) in [6.07, 6.45) is 3.58. The number of aryl methyl sites for hydroxylation is 2. The molecule has 0 fully saturated rings. The van der Waals surface area contributed by atoms with Gasteiger partial charge < -0.3 is 0 Å². The topological polar surface area (TPSA) is 0 Å². The summed E-state index contributed by atoms with van der Waals surface area (Å²) in [7, 11) is 0. The molecule has 0 nitrogen and oxygen atoms in total. The van der Waals surface area contributed by atoms with Gasteiger partial charge in [-0.15, -0.1) is 0 Å². The Bertz CT molecular complexity index is 417. The van der Waals surface area contributed by atoms with Gasteiger partial charge in [0.15, 0.2) is 0 Å². The first-order chi connectivity index (χ1) is 7.84. The van der Waals surface area contributed by atoms with E-state index in [4.69, 9.17) is 0 Å². The van der Waals surface area contributed by atoms with E-state index in [0.717, 1.165) is 0 Å². The standard InChI is InChI=1S/C15H15.Li/c1-3-8-14(9-4-1)12-7-13-15-10-5-2-6-11-15;/h1,3-6,8-11H,7,12-13H2;. The van der Waals surface area contributed by atoms with Gasteiger partial charge in [-0.05, 0) is 0 Å². The Morgan fingerprint density at radius 3 is 1.88 bits per heavy atom. The molecule has 0 aliphatic carbocycles. The zero-order valence-electron chi connectivity index (χ0n) is 9.82. The van der Waals surface area contributed by atoms with Crippen LogP contribution in [0.4, 0.5) is 0 Å². The second-order valence-electron chi connectivity index (χ2n) is 4.32. The second kappa shape index (κ2) is 5.94. The minimum atomic E-state index is 1.18. The van der Waals surface area contributed by atoms with Crippen molar-refractivity contribution in [3.63, 3.8) is 0 Å². The fourth-order valence-electron chi connectivity index (χ4n) is 1.90. The summed E-state index contributed by atoms with van der Waals surface area (Å²) in [4.78, 5) is 0. The van der Waals surface area contributed by atoms with Crippen LogP contribution in [0.3, 0.4) is 0 Å². The van der Waals surface area contributed by atoms with Crippen molar-refractivity contribution in [2.45, 2.75) is 19.3 Å². The Hall–Kier alpha value is -0.963. The number of hydrogen-bond acceptors (Lipinski definition) is 0. The van der Waals surface area contributed by atoms with E-state index < -0.39 is 0 Å². The SMILES string of the molecule is [Li][c]1ccc(CCCc2ccccc2)cc1. The molecule has 0 amide bonds. The van der Waals surface area contributed by atoms with Crippen LogP contribution in [-0.2, 0) is 12.8 Å². The molecule has 76 valence electrons. The van der Waals surface area contributed by atoms with Crippen LogP contribution in [0.15, 0.2) is 54.6 Å². The van der Waals surface area contributed by atoms with Gasteiger partial charge in [-0.3, -0.25) is 0 Å². The third kappa shape index (κ3) is 3.56. The van der Waals surface area contributed by atoms with Gasteiger partial charge in [-0.25, -0.2) is 0 Å². The van der Waals surface area contributed by atoms with E-state index in [0.29, 0.717) is 0 Å². The Morgan fingerprint density at radius 2 is 1.25 bits per heavy atom. The van der Waals surface area contributed by atoms with E-state index in [9.17, 15) is 0 Å². The summed E-state index contributed by atoms with van der Waals surface area (Å²) in [5.74, 6) is 0. The molecule has 1 heteroatoms. The molecule has 0 radical (unpaired) electrons. The minimum absolute atomic E-state index is 1.18. The van der Waals surface area contributed by atoms with E-state index in [1.54, 1.807) is 0 Å². The van der Waals surface area contributed by atoms with Crippen LogP contribution in [0.5, 0.6) is 0 Å². The van der Waals surface area contributed by atoms with Gasteiger partial charge in [-0.2, -0.15) is 0 Å². The van der Waals surface area contributed by atoms with Crippen LogP contribution in [0.2, 0.25) is 0 Å². The first-order valence-corrected chi connectivity index (χ1v) is 5.94. The summed E-state index contributed by atoms with van der Waals surface area (Å²) in [5.41, 5.74) is 2.89. The van der Waals surface area contributed by atoms with Crippen molar-refractivity contribution < 1.29 is 0 Å². The van der Waals surface area contributed by atoms with Crippen LogP contribution in [-0.4, -0.2) is 17.7 Å². The summed E-state index contributed by atoms with van der Waals surface area (Å²) < 4.78 is 1.34. The molecule has 0 saturated carbocycles. The van der Waals surface area contributed by atoms with E-state index >= 15 is 0 Å². The third-order valence-corrected chi connectivity index (χ3v) is 2.89. The molecule has 0 unspecified atom stereocenters. The van der Waals surface area contributed by atoms with Gasteiger partial charge >= 0.3 is 107 Å². The van der Waals surface area contributed by atoms with Crippen molar-refractivity contribution in [1.29, 1.82) is 0 Å². The van der Waals surface area contributed by atoms with Crippen LogP contribution < -0.4 is 4.24 Å². The molecule has 0 aliphatic rings.